The molecule has 31 heavy (non-hydrogen) atoms. The van der Waals surface area contributed by atoms with Crippen molar-refractivity contribution < 1.29 is 26.4 Å². The van der Waals surface area contributed by atoms with Gasteiger partial charge < -0.3 is 5.32 Å². The molecule has 1 N–H and O–H groups in total. The quantitative estimate of drug-likeness (QED) is 0.761. The zero-order valence-corrected chi connectivity index (χ0v) is 17.5. The van der Waals surface area contributed by atoms with Crippen LogP contribution in [0.4, 0.5) is 13.2 Å². The Balaban J connectivity index is 1.60. The van der Waals surface area contributed by atoms with Crippen LogP contribution in [0.3, 0.4) is 0 Å². The third-order valence-electron chi connectivity index (χ3n) is 5.97. The third-order valence-corrected chi connectivity index (χ3v) is 7.94. The molecule has 166 valence electrons. The monoisotopic (exact) mass is 452 g/mol. The minimum absolute atomic E-state index is 0.00780. The number of nitrogens with one attached hydrogen (secondary N) is 1. The highest BCUT2D eigenvalue weighted by atomic mass is 32.2. The van der Waals surface area contributed by atoms with Crippen molar-refractivity contribution in [2.45, 2.75) is 55.3 Å². The lowest BCUT2D eigenvalue weighted by molar-refractivity contribution is -0.139. The van der Waals surface area contributed by atoms with Crippen molar-refractivity contribution in [3.63, 3.8) is 0 Å². The zero-order valence-electron chi connectivity index (χ0n) is 16.7. The van der Waals surface area contributed by atoms with E-state index in [4.69, 9.17) is 0 Å². The molecule has 2 atom stereocenters. The molecule has 4 rings (SSSR count). The van der Waals surface area contributed by atoms with Gasteiger partial charge in [0.05, 0.1) is 16.5 Å². The smallest absolute Gasteiger partial charge is 0.348 e. The van der Waals surface area contributed by atoms with Gasteiger partial charge in [-0.05, 0) is 55.4 Å². The lowest BCUT2D eigenvalue weighted by atomic mass is 9.87. The van der Waals surface area contributed by atoms with Gasteiger partial charge in [0, 0.05) is 6.54 Å². The predicted molar refractivity (Wildman–Crippen MR) is 109 cm³/mol. The first kappa shape index (κ1) is 21.8. The van der Waals surface area contributed by atoms with Crippen LogP contribution in [-0.2, 0) is 27.4 Å². The maximum absolute atomic E-state index is 13.4. The van der Waals surface area contributed by atoms with Gasteiger partial charge >= 0.3 is 6.18 Å². The average Bonchev–Trinajstić information content (AvgIpc) is 3.24. The van der Waals surface area contributed by atoms with Crippen LogP contribution in [0.5, 0.6) is 0 Å². The topological polar surface area (TPSA) is 66.5 Å². The van der Waals surface area contributed by atoms with Crippen LogP contribution >= 0.6 is 0 Å². The van der Waals surface area contributed by atoms with Gasteiger partial charge in [0.25, 0.3) is 0 Å². The third kappa shape index (κ3) is 4.21. The fourth-order valence-electron chi connectivity index (χ4n) is 4.51. The fourth-order valence-corrected chi connectivity index (χ4v) is 6.38. The Bertz CT molecular complexity index is 1090. The molecule has 0 bridgehead atoms. The Hall–Kier alpha value is -2.39. The molecule has 2 aromatic rings. The van der Waals surface area contributed by atoms with Crippen molar-refractivity contribution in [2.24, 2.45) is 0 Å². The minimum Gasteiger partial charge on any atom is -0.348 e. The zero-order chi connectivity index (χ0) is 22.2. The van der Waals surface area contributed by atoms with Crippen molar-refractivity contribution in [1.29, 1.82) is 0 Å². The van der Waals surface area contributed by atoms with Crippen LogP contribution in [0.15, 0.2) is 53.4 Å². The van der Waals surface area contributed by atoms with Crippen molar-refractivity contribution >= 4 is 15.9 Å². The van der Waals surface area contributed by atoms with Crippen LogP contribution in [0.25, 0.3) is 0 Å². The van der Waals surface area contributed by atoms with E-state index in [2.05, 4.69) is 5.32 Å². The number of nitrogens with zero attached hydrogens (tertiary/aromatic N) is 1. The van der Waals surface area contributed by atoms with Gasteiger partial charge in [-0.2, -0.15) is 17.5 Å². The molecule has 1 heterocycles. The number of fused-ring (bicyclic) bond motifs is 1. The molecule has 2 aromatic carbocycles. The summed E-state index contributed by atoms with van der Waals surface area (Å²) >= 11 is 0. The number of halogens is 3. The normalized spacial score (nSPS) is 22.2. The number of carbonyl (C=O) groups excluding carboxylic acids is 1. The van der Waals surface area contributed by atoms with E-state index in [1.807, 2.05) is 24.3 Å². The molecular weight excluding hydrogens is 429 g/mol. The Morgan fingerprint density at radius 2 is 1.71 bits per heavy atom. The van der Waals surface area contributed by atoms with Gasteiger partial charge in [-0.1, -0.05) is 36.4 Å². The first-order chi connectivity index (χ1) is 14.7. The minimum atomic E-state index is -4.81. The highest BCUT2D eigenvalue weighted by molar-refractivity contribution is 7.89. The number of hydrogen-bond donors (Lipinski definition) is 1. The van der Waals surface area contributed by atoms with Gasteiger partial charge in [-0.25, -0.2) is 8.42 Å². The summed E-state index contributed by atoms with van der Waals surface area (Å²) < 4.78 is 67.5. The van der Waals surface area contributed by atoms with E-state index in [0.29, 0.717) is 6.42 Å². The molecule has 0 unspecified atom stereocenters. The molecule has 0 radical (unpaired) electrons. The highest BCUT2D eigenvalue weighted by Crippen LogP contribution is 2.37. The second-order valence-electron chi connectivity index (χ2n) is 7.92. The Kier molecular flexibility index (Phi) is 5.83. The first-order valence-corrected chi connectivity index (χ1v) is 11.7. The molecule has 1 aliphatic heterocycles. The van der Waals surface area contributed by atoms with Gasteiger partial charge in [0.2, 0.25) is 15.9 Å². The summed E-state index contributed by atoms with van der Waals surface area (Å²) in [6, 6.07) is 10.6. The molecule has 2 aliphatic rings. The Labute approximate surface area is 179 Å². The summed E-state index contributed by atoms with van der Waals surface area (Å²) in [7, 11) is -4.50. The Morgan fingerprint density at radius 3 is 2.48 bits per heavy atom. The van der Waals surface area contributed by atoms with Crippen molar-refractivity contribution in [2.75, 3.05) is 6.54 Å². The largest absolute Gasteiger partial charge is 0.417 e. The number of benzene rings is 2. The summed E-state index contributed by atoms with van der Waals surface area (Å²) in [5, 5.41) is 2.95. The standard InChI is InChI=1S/C22H23F3N2O3S/c23-22(24,25)17-10-3-4-13-20(17)31(29,30)27-14-6-12-19(27)21(28)26-18-11-5-8-15-7-1-2-9-16(15)18/h1-4,7,9-10,13,18-19H,5-6,8,11-12,14H2,(H,26,28)/t18-,19-/m0/s1. The Morgan fingerprint density at radius 1 is 1.00 bits per heavy atom. The van der Waals surface area contributed by atoms with E-state index in [0.717, 1.165) is 52.9 Å². The van der Waals surface area contributed by atoms with Crippen LogP contribution in [0, 0.1) is 0 Å². The summed E-state index contributed by atoms with van der Waals surface area (Å²) in [4.78, 5) is 12.2. The number of alkyl halides is 3. The average molecular weight is 452 g/mol. The van der Waals surface area contributed by atoms with Crippen LogP contribution < -0.4 is 5.32 Å². The summed E-state index contributed by atoms with van der Waals surface area (Å²) in [6.07, 6.45) is -1.58. The number of hydrogen-bond acceptors (Lipinski definition) is 3. The molecule has 9 heteroatoms. The molecule has 1 aliphatic carbocycles. The van der Waals surface area contributed by atoms with Gasteiger partial charge in [-0.3, -0.25) is 4.79 Å². The number of aryl methyl sites for hydroxylation is 1. The maximum Gasteiger partial charge on any atom is 0.417 e. The maximum atomic E-state index is 13.4. The lowest BCUT2D eigenvalue weighted by Crippen LogP contribution is -2.47. The SMILES string of the molecule is O=C(N[C@H]1CCCc2ccccc21)[C@@H]1CCCN1S(=O)(=O)c1ccccc1C(F)(F)F. The van der Waals surface area contributed by atoms with E-state index in [9.17, 15) is 26.4 Å². The van der Waals surface area contributed by atoms with E-state index in [-0.39, 0.29) is 19.0 Å². The molecule has 1 saturated heterocycles. The van der Waals surface area contributed by atoms with E-state index in [1.165, 1.54) is 6.07 Å². The molecule has 5 nitrogen and oxygen atoms in total. The van der Waals surface area contributed by atoms with Crippen LogP contribution in [-0.4, -0.2) is 31.2 Å². The second-order valence-corrected chi connectivity index (χ2v) is 9.78. The van der Waals surface area contributed by atoms with Gasteiger partial charge in [0.1, 0.15) is 6.04 Å². The number of carbonyl (C=O) groups is 1. The van der Waals surface area contributed by atoms with Gasteiger partial charge in [0.15, 0.2) is 0 Å². The first-order valence-electron chi connectivity index (χ1n) is 10.3. The summed E-state index contributed by atoms with van der Waals surface area (Å²) in [5.74, 6) is -0.465. The second kappa shape index (κ2) is 8.27. The lowest BCUT2D eigenvalue weighted by Gasteiger charge is -2.30. The molecule has 0 spiro atoms. The molecule has 0 aromatic heterocycles. The highest BCUT2D eigenvalue weighted by Gasteiger charge is 2.44. The predicted octanol–water partition coefficient (Wildman–Crippen LogP) is 4.05. The van der Waals surface area contributed by atoms with Crippen LogP contribution in [0.1, 0.15) is 48.4 Å². The van der Waals surface area contributed by atoms with Crippen molar-refractivity contribution in [3.05, 3.63) is 65.2 Å². The molecule has 1 amide bonds. The molecular formula is C22H23F3N2O3S. The number of amides is 1. The van der Waals surface area contributed by atoms with E-state index >= 15 is 0 Å². The van der Waals surface area contributed by atoms with Gasteiger partial charge in [-0.15, -0.1) is 0 Å². The molecule has 0 saturated carbocycles. The van der Waals surface area contributed by atoms with E-state index < -0.39 is 38.6 Å². The summed E-state index contributed by atoms with van der Waals surface area (Å²) in [5.41, 5.74) is 0.938. The van der Waals surface area contributed by atoms with Crippen LogP contribution in [0.2, 0.25) is 0 Å². The summed E-state index contributed by atoms with van der Waals surface area (Å²) in [6.45, 7) is 0.00780. The molecule has 1 fully saturated rings. The van der Waals surface area contributed by atoms with Crippen molar-refractivity contribution in [3.8, 4) is 0 Å². The number of rotatable bonds is 4. The number of sulfonamides is 1. The fraction of sp³-hybridized carbons (Fsp3) is 0.409. The van der Waals surface area contributed by atoms with E-state index in [1.54, 1.807) is 0 Å². The van der Waals surface area contributed by atoms with Crippen molar-refractivity contribution in [1.82, 2.24) is 9.62 Å².